The smallest absolute Gasteiger partial charge is 0.260 e. The highest BCUT2D eigenvalue weighted by Crippen LogP contribution is 2.28. The number of aldehydes is 1. The van der Waals surface area contributed by atoms with Crippen molar-refractivity contribution in [3.63, 3.8) is 0 Å². The molecule has 2 aromatic carbocycles. The van der Waals surface area contributed by atoms with Crippen LogP contribution in [0.15, 0.2) is 34.7 Å². The van der Waals surface area contributed by atoms with Crippen LogP contribution in [0.5, 0.6) is 0 Å². The molecule has 0 saturated carbocycles. The quantitative estimate of drug-likeness (QED) is 0.593. The lowest BCUT2D eigenvalue weighted by molar-refractivity contribution is 0.109. The Morgan fingerprint density at radius 2 is 2.06 bits per heavy atom. The number of carbonyl (C=O) groups excluding carboxylic acids is 1. The summed E-state index contributed by atoms with van der Waals surface area (Å²) in [5.41, 5.74) is 1.59. The minimum absolute atomic E-state index is 0.0280. The van der Waals surface area contributed by atoms with Crippen molar-refractivity contribution in [2.45, 2.75) is 0 Å². The lowest BCUT2D eigenvalue weighted by atomic mass is 10.0. The van der Waals surface area contributed by atoms with Gasteiger partial charge in [0.2, 0.25) is 6.29 Å². The molecule has 3 rings (SSSR count). The number of hydrogen-bond acceptors (Lipinski definition) is 4. The number of oxazole rings is 1. The molecule has 4 heteroatoms. The lowest BCUT2D eigenvalue weighted by Crippen LogP contribution is -1.81. The van der Waals surface area contributed by atoms with Crippen molar-refractivity contribution in [2.75, 3.05) is 0 Å². The average Bonchev–Trinajstić information content (AvgIpc) is 2.81. The monoisotopic (exact) mass is 222 g/mol. The third kappa shape index (κ3) is 1.30. The predicted molar refractivity (Wildman–Crippen MR) is 61.6 cm³/mol. The number of nitrogens with zero attached hydrogens (tertiary/aromatic N) is 2. The standard InChI is InChI=1S/C13H6N2O2/c14-6-8-5-11-13(15-12(7-16)17-11)10-4-2-1-3-9(8)10/h1-5,7H. The maximum absolute atomic E-state index is 10.6. The van der Waals surface area contributed by atoms with Crippen molar-refractivity contribution in [3.8, 4) is 6.07 Å². The fraction of sp³-hybridized carbons (Fsp3) is 0. The zero-order chi connectivity index (χ0) is 11.8. The van der Waals surface area contributed by atoms with E-state index in [1.807, 2.05) is 24.3 Å². The van der Waals surface area contributed by atoms with Gasteiger partial charge in [-0.15, -0.1) is 0 Å². The maximum Gasteiger partial charge on any atom is 0.260 e. The summed E-state index contributed by atoms with van der Waals surface area (Å²) in [6.45, 7) is 0. The Labute approximate surface area is 96.1 Å². The van der Waals surface area contributed by atoms with Crippen molar-refractivity contribution < 1.29 is 9.21 Å². The molecule has 0 aliphatic heterocycles. The van der Waals surface area contributed by atoms with Gasteiger partial charge in [-0.1, -0.05) is 24.3 Å². The van der Waals surface area contributed by atoms with E-state index in [9.17, 15) is 4.79 Å². The minimum Gasteiger partial charge on any atom is -0.434 e. The molecular weight excluding hydrogens is 216 g/mol. The Bertz CT molecular complexity index is 781. The summed E-state index contributed by atoms with van der Waals surface area (Å²) in [6.07, 6.45) is 0.556. The Kier molecular flexibility index (Phi) is 1.92. The van der Waals surface area contributed by atoms with E-state index in [4.69, 9.17) is 9.68 Å². The first kappa shape index (κ1) is 9.55. The molecule has 0 atom stereocenters. The summed E-state index contributed by atoms with van der Waals surface area (Å²) in [5, 5.41) is 10.7. The van der Waals surface area contributed by atoms with E-state index in [1.165, 1.54) is 0 Å². The van der Waals surface area contributed by atoms with Crippen LogP contribution in [0.1, 0.15) is 16.2 Å². The van der Waals surface area contributed by atoms with Gasteiger partial charge < -0.3 is 4.42 Å². The van der Waals surface area contributed by atoms with Gasteiger partial charge in [-0.2, -0.15) is 5.26 Å². The molecular formula is C13H6N2O2. The summed E-state index contributed by atoms with van der Waals surface area (Å²) in [6, 6.07) is 11.1. The maximum atomic E-state index is 10.6. The molecule has 1 heterocycles. The zero-order valence-corrected chi connectivity index (χ0v) is 8.68. The van der Waals surface area contributed by atoms with Gasteiger partial charge in [-0.25, -0.2) is 4.98 Å². The number of rotatable bonds is 1. The van der Waals surface area contributed by atoms with Crippen LogP contribution in [0.3, 0.4) is 0 Å². The number of carbonyl (C=O) groups is 1. The first-order chi connectivity index (χ1) is 8.33. The highest BCUT2D eigenvalue weighted by Gasteiger charge is 2.11. The second kappa shape index (κ2) is 3.42. The van der Waals surface area contributed by atoms with Crippen LogP contribution in [0.4, 0.5) is 0 Å². The Morgan fingerprint density at radius 1 is 1.29 bits per heavy atom. The Balaban J connectivity index is 2.57. The molecule has 0 amide bonds. The third-order valence-electron chi connectivity index (χ3n) is 2.64. The molecule has 0 fully saturated rings. The zero-order valence-electron chi connectivity index (χ0n) is 8.68. The van der Waals surface area contributed by atoms with Crippen LogP contribution in [0.2, 0.25) is 0 Å². The van der Waals surface area contributed by atoms with Gasteiger partial charge in [0, 0.05) is 16.8 Å². The third-order valence-corrected chi connectivity index (χ3v) is 2.64. The average molecular weight is 222 g/mol. The van der Waals surface area contributed by atoms with E-state index in [0.717, 1.165) is 10.8 Å². The summed E-state index contributed by atoms with van der Waals surface area (Å²) in [4.78, 5) is 14.7. The first-order valence-corrected chi connectivity index (χ1v) is 5.01. The number of nitriles is 1. The van der Waals surface area contributed by atoms with Gasteiger partial charge in [-0.3, -0.25) is 4.79 Å². The SMILES string of the molecule is N#Cc1cc2oc(C=O)nc2c2ccccc12. The van der Waals surface area contributed by atoms with Crippen LogP contribution in [0.25, 0.3) is 21.9 Å². The molecule has 0 bridgehead atoms. The molecule has 3 aromatic rings. The normalized spacial score (nSPS) is 10.5. The fourth-order valence-corrected chi connectivity index (χ4v) is 1.92. The second-order valence-electron chi connectivity index (χ2n) is 3.60. The van der Waals surface area contributed by atoms with Crippen molar-refractivity contribution >= 4 is 28.2 Å². The summed E-state index contributed by atoms with van der Waals surface area (Å²) in [5.74, 6) is 0.0280. The van der Waals surface area contributed by atoms with Crippen molar-refractivity contribution in [3.05, 3.63) is 41.8 Å². The first-order valence-electron chi connectivity index (χ1n) is 5.01. The predicted octanol–water partition coefficient (Wildman–Crippen LogP) is 2.67. The van der Waals surface area contributed by atoms with Gasteiger partial charge in [0.25, 0.3) is 5.89 Å². The topological polar surface area (TPSA) is 66.9 Å². The second-order valence-corrected chi connectivity index (χ2v) is 3.60. The van der Waals surface area contributed by atoms with E-state index < -0.39 is 0 Å². The number of benzene rings is 2. The summed E-state index contributed by atoms with van der Waals surface area (Å²) in [7, 11) is 0. The largest absolute Gasteiger partial charge is 0.434 e. The summed E-state index contributed by atoms with van der Waals surface area (Å²) >= 11 is 0. The van der Waals surface area contributed by atoms with Gasteiger partial charge in [-0.05, 0) is 0 Å². The van der Waals surface area contributed by atoms with Crippen LogP contribution >= 0.6 is 0 Å². The number of aromatic nitrogens is 1. The molecule has 0 aliphatic carbocycles. The van der Waals surface area contributed by atoms with Crippen molar-refractivity contribution in [2.24, 2.45) is 0 Å². The van der Waals surface area contributed by atoms with E-state index in [1.54, 1.807) is 6.07 Å². The Hall–Kier alpha value is -2.67. The highest BCUT2D eigenvalue weighted by molar-refractivity contribution is 6.06. The van der Waals surface area contributed by atoms with Crippen molar-refractivity contribution in [1.29, 1.82) is 5.26 Å². The van der Waals surface area contributed by atoms with E-state index in [-0.39, 0.29) is 5.89 Å². The minimum atomic E-state index is 0.0280. The van der Waals surface area contributed by atoms with Crippen LogP contribution in [-0.4, -0.2) is 11.3 Å². The lowest BCUT2D eigenvalue weighted by Gasteiger charge is -1.99. The van der Waals surface area contributed by atoms with Gasteiger partial charge >= 0.3 is 0 Å². The molecule has 0 spiro atoms. The fourth-order valence-electron chi connectivity index (χ4n) is 1.92. The van der Waals surface area contributed by atoms with E-state index >= 15 is 0 Å². The van der Waals surface area contributed by atoms with Crippen LogP contribution in [0, 0.1) is 11.3 Å². The summed E-state index contributed by atoms with van der Waals surface area (Å²) < 4.78 is 5.24. The molecule has 17 heavy (non-hydrogen) atoms. The molecule has 0 aliphatic rings. The number of fused-ring (bicyclic) bond motifs is 3. The van der Waals surface area contributed by atoms with Crippen LogP contribution in [-0.2, 0) is 0 Å². The van der Waals surface area contributed by atoms with E-state index in [0.29, 0.717) is 22.9 Å². The molecule has 4 nitrogen and oxygen atoms in total. The molecule has 0 N–H and O–H groups in total. The van der Waals surface area contributed by atoms with Gasteiger partial charge in [0.1, 0.15) is 5.52 Å². The molecule has 0 radical (unpaired) electrons. The van der Waals surface area contributed by atoms with Gasteiger partial charge in [0.05, 0.1) is 11.6 Å². The van der Waals surface area contributed by atoms with Gasteiger partial charge in [0.15, 0.2) is 5.58 Å². The number of hydrogen-bond donors (Lipinski definition) is 0. The molecule has 1 aromatic heterocycles. The molecule has 0 unspecified atom stereocenters. The van der Waals surface area contributed by atoms with Crippen LogP contribution < -0.4 is 0 Å². The molecule has 80 valence electrons. The highest BCUT2D eigenvalue weighted by atomic mass is 16.4. The van der Waals surface area contributed by atoms with E-state index in [2.05, 4.69) is 11.1 Å². The molecule has 0 saturated heterocycles. The Morgan fingerprint density at radius 3 is 2.76 bits per heavy atom. The van der Waals surface area contributed by atoms with Crippen molar-refractivity contribution in [1.82, 2.24) is 4.98 Å².